The minimum atomic E-state index is -1.74. The fourth-order valence-electron chi connectivity index (χ4n) is 2.61. The summed E-state index contributed by atoms with van der Waals surface area (Å²) in [5.41, 5.74) is 0. The van der Waals surface area contributed by atoms with Crippen molar-refractivity contribution in [3.63, 3.8) is 0 Å². The third-order valence-corrected chi connectivity index (χ3v) is 15.7. The first-order valence-electron chi connectivity index (χ1n) is 11.0. The standard InChI is InChI=1S/C22H50O3Si2/c1-19(25-27(10,11)22(5,6)7)18-20(23)16-14-12-13-15-17-24-26(8,9)21(2,3)4/h19-20,23H,12-18H2,1-11H3/t19-,20+/m1/s1. The Bertz CT molecular complexity index is 409. The second-order valence-electron chi connectivity index (χ2n) is 11.4. The van der Waals surface area contributed by atoms with Crippen molar-refractivity contribution < 1.29 is 14.0 Å². The molecule has 2 atom stereocenters. The number of unbranched alkanes of at least 4 members (excludes halogenated alkanes) is 3. The zero-order valence-corrected chi connectivity index (χ0v) is 22.4. The maximum atomic E-state index is 10.3. The van der Waals surface area contributed by atoms with Crippen LogP contribution in [0.25, 0.3) is 0 Å². The predicted octanol–water partition coefficient (Wildman–Crippen LogP) is 7.12. The van der Waals surface area contributed by atoms with Crippen LogP contribution in [-0.4, -0.2) is 40.6 Å². The van der Waals surface area contributed by atoms with Crippen LogP contribution in [0, 0.1) is 0 Å². The van der Waals surface area contributed by atoms with E-state index in [0.29, 0.717) is 5.04 Å². The highest BCUT2D eigenvalue weighted by Gasteiger charge is 2.38. The van der Waals surface area contributed by atoms with Gasteiger partial charge in [0.05, 0.1) is 6.10 Å². The lowest BCUT2D eigenvalue weighted by Gasteiger charge is -2.38. The molecule has 27 heavy (non-hydrogen) atoms. The summed E-state index contributed by atoms with van der Waals surface area (Å²) in [6.45, 7) is 25.8. The number of hydrogen-bond acceptors (Lipinski definition) is 3. The molecule has 0 aliphatic carbocycles. The monoisotopic (exact) mass is 418 g/mol. The third kappa shape index (κ3) is 10.6. The largest absolute Gasteiger partial charge is 0.417 e. The molecule has 0 aliphatic rings. The maximum Gasteiger partial charge on any atom is 0.192 e. The second kappa shape index (κ2) is 10.9. The van der Waals surface area contributed by atoms with Crippen molar-refractivity contribution in [3.05, 3.63) is 0 Å². The number of aliphatic hydroxyl groups excluding tert-OH is 1. The molecule has 0 saturated heterocycles. The van der Waals surface area contributed by atoms with Crippen LogP contribution >= 0.6 is 0 Å². The molecule has 164 valence electrons. The highest BCUT2D eigenvalue weighted by atomic mass is 28.4. The van der Waals surface area contributed by atoms with Gasteiger partial charge in [-0.25, -0.2) is 0 Å². The van der Waals surface area contributed by atoms with Gasteiger partial charge < -0.3 is 14.0 Å². The first kappa shape index (κ1) is 27.3. The maximum absolute atomic E-state index is 10.3. The molecule has 0 saturated carbocycles. The molecule has 0 aromatic heterocycles. The molecule has 0 unspecified atom stereocenters. The summed E-state index contributed by atoms with van der Waals surface area (Å²) in [7, 11) is -3.33. The first-order chi connectivity index (χ1) is 12.0. The van der Waals surface area contributed by atoms with E-state index in [9.17, 15) is 5.11 Å². The van der Waals surface area contributed by atoms with Gasteiger partial charge in [0, 0.05) is 12.7 Å². The molecule has 0 aromatic carbocycles. The fraction of sp³-hybridized carbons (Fsp3) is 1.00. The van der Waals surface area contributed by atoms with Crippen LogP contribution in [0.1, 0.15) is 87.0 Å². The van der Waals surface area contributed by atoms with E-state index in [0.717, 1.165) is 32.3 Å². The molecule has 0 fully saturated rings. The summed E-state index contributed by atoms with van der Waals surface area (Å²) in [5, 5.41) is 10.8. The van der Waals surface area contributed by atoms with Crippen molar-refractivity contribution in [2.45, 2.75) is 135 Å². The lowest BCUT2D eigenvalue weighted by Crippen LogP contribution is -2.43. The van der Waals surface area contributed by atoms with Crippen LogP contribution in [0.5, 0.6) is 0 Å². The van der Waals surface area contributed by atoms with E-state index in [2.05, 4.69) is 74.7 Å². The normalized spacial score (nSPS) is 16.4. The van der Waals surface area contributed by atoms with E-state index in [1.807, 2.05) is 0 Å². The van der Waals surface area contributed by atoms with Crippen LogP contribution in [0.3, 0.4) is 0 Å². The van der Waals surface area contributed by atoms with Crippen molar-refractivity contribution in [2.75, 3.05) is 6.61 Å². The summed E-state index contributed by atoms with van der Waals surface area (Å²) in [4.78, 5) is 0. The lowest BCUT2D eigenvalue weighted by atomic mass is 10.0. The van der Waals surface area contributed by atoms with Gasteiger partial charge in [-0.05, 0) is 62.5 Å². The number of hydrogen-bond donors (Lipinski definition) is 1. The zero-order valence-electron chi connectivity index (χ0n) is 20.4. The average Bonchev–Trinajstić information content (AvgIpc) is 2.42. The van der Waals surface area contributed by atoms with Crippen molar-refractivity contribution in [3.8, 4) is 0 Å². The van der Waals surface area contributed by atoms with Gasteiger partial charge in [-0.1, -0.05) is 60.8 Å². The van der Waals surface area contributed by atoms with Crippen molar-refractivity contribution in [1.82, 2.24) is 0 Å². The van der Waals surface area contributed by atoms with Gasteiger partial charge in [-0.15, -0.1) is 0 Å². The van der Waals surface area contributed by atoms with Gasteiger partial charge in [0.2, 0.25) is 0 Å². The van der Waals surface area contributed by atoms with E-state index >= 15 is 0 Å². The smallest absolute Gasteiger partial charge is 0.192 e. The van der Waals surface area contributed by atoms with E-state index in [1.54, 1.807) is 0 Å². The van der Waals surface area contributed by atoms with Crippen molar-refractivity contribution in [2.24, 2.45) is 0 Å². The SMILES string of the molecule is C[C@H](C[C@@H](O)CCCCCCO[Si](C)(C)C(C)(C)C)O[Si](C)(C)C(C)(C)C. The van der Waals surface area contributed by atoms with Crippen LogP contribution in [-0.2, 0) is 8.85 Å². The molecule has 0 radical (unpaired) electrons. The average molecular weight is 419 g/mol. The van der Waals surface area contributed by atoms with Crippen LogP contribution in [0.4, 0.5) is 0 Å². The Kier molecular flexibility index (Phi) is 11.0. The Morgan fingerprint density at radius 1 is 0.778 bits per heavy atom. The molecular weight excluding hydrogens is 368 g/mol. The summed E-state index contributed by atoms with van der Waals surface area (Å²) < 4.78 is 12.6. The molecule has 3 nitrogen and oxygen atoms in total. The number of rotatable bonds is 12. The lowest BCUT2D eigenvalue weighted by molar-refractivity contribution is 0.0879. The molecule has 0 amide bonds. The Balaban J connectivity index is 3.91. The summed E-state index contributed by atoms with van der Waals surface area (Å²) in [6.07, 6.45) is 6.12. The first-order valence-corrected chi connectivity index (χ1v) is 16.8. The highest BCUT2D eigenvalue weighted by molar-refractivity contribution is 6.74. The van der Waals surface area contributed by atoms with Gasteiger partial charge in [0.25, 0.3) is 0 Å². The molecule has 5 heteroatoms. The Labute approximate surface area is 172 Å². The minimum Gasteiger partial charge on any atom is -0.417 e. The second-order valence-corrected chi connectivity index (χ2v) is 21.0. The molecule has 0 spiro atoms. The van der Waals surface area contributed by atoms with E-state index in [4.69, 9.17) is 8.85 Å². The third-order valence-electron chi connectivity index (χ3n) is 6.61. The van der Waals surface area contributed by atoms with Gasteiger partial charge in [-0.2, -0.15) is 0 Å². The Hall–Kier alpha value is 0.314. The summed E-state index contributed by atoms with van der Waals surface area (Å²) >= 11 is 0. The van der Waals surface area contributed by atoms with Crippen LogP contribution < -0.4 is 0 Å². The fourth-order valence-corrected chi connectivity index (χ4v) is 5.15. The topological polar surface area (TPSA) is 38.7 Å². The van der Waals surface area contributed by atoms with Crippen molar-refractivity contribution in [1.29, 1.82) is 0 Å². The molecular formula is C22H50O3Si2. The van der Waals surface area contributed by atoms with E-state index < -0.39 is 16.6 Å². The van der Waals surface area contributed by atoms with E-state index in [-0.39, 0.29) is 17.2 Å². The van der Waals surface area contributed by atoms with Gasteiger partial charge in [-0.3, -0.25) is 0 Å². The van der Waals surface area contributed by atoms with Gasteiger partial charge in [0.15, 0.2) is 16.6 Å². The van der Waals surface area contributed by atoms with Gasteiger partial charge in [0.1, 0.15) is 0 Å². The molecule has 0 heterocycles. The van der Waals surface area contributed by atoms with E-state index in [1.165, 1.54) is 12.8 Å². The molecule has 0 aliphatic heterocycles. The molecule has 0 rings (SSSR count). The molecule has 1 N–H and O–H groups in total. The highest BCUT2D eigenvalue weighted by Crippen LogP contribution is 2.38. The summed E-state index contributed by atoms with van der Waals surface area (Å²) in [6, 6.07) is 0. The number of aliphatic hydroxyl groups is 1. The zero-order chi connectivity index (χ0) is 21.5. The quantitative estimate of drug-likeness (QED) is 0.271. The Morgan fingerprint density at radius 2 is 1.26 bits per heavy atom. The van der Waals surface area contributed by atoms with Crippen LogP contribution in [0.2, 0.25) is 36.3 Å². The minimum absolute atomic E-state index is 0.138. The van der Waals surface area contributed by atoms with Crippen molar-refractivity contribution >= 4 is 16.6 Å². The predicted molar refractivity (Wildman–Crippen MR) is 125 cm³/mol. The van der Waals surface area contributed by atoms with Gasteiger partial charge >= 0.3 is 0 Å². The Morgan fingerprint density at radius 3 is 1.74 bits per heavy atom. The van der Waals surface area contributed by atoms with Crippen LogP contribution in [0.15, 0.2) is 0 Å². The summed E-state index contributed by atoms with van der Waals surface area (Å²) in [5.74, 6) is 0. The molecule has 0 aromatic rings. The molecule has 0 bridgehead atoms.